The number of fused-ring (bicyclic) bond motifs is 2. The first kappa shape index (κ1) is 18.9. The third kappa shape index (κ3) is 3.50. The first-order valence-electron chi connectivity index (χ1n) is 10.4. The minimum atomic E-state index is -0.600. The van der Waals surface area contributed by atoms with Gasteiger partial charge in [0.05, 0.1) is 24.8 Å². The Labute approximate surface area is 174 Å². The lowest BCUT2D eigenvalue weighted by Crippen LogP contribution is -2.49. The summed E-state index contributed by atoms with van der Waals surface area (Å²) in [5.41, 5.74) is 1.95. The van der Waals surface area contributed by atoms with Crippen molar-refractivity contribution in [3.63, 3.8) is 0 Å². The number of amides is 2. The maximum Gasteiger partial charge on any atom is 0.289 e. The molecule has 4 atom stereocenters. The van der Waals surface area contributed by atoms with Crippen molar-refractivity contribution in [2.45, 2.75) is 31.4 Å². The third-order valence-electron chi connectivity index (χ3n) is 6.53. The van der Waals surface area contributed by atoms with Crippen LogP contribution in [-0.2, 0) is 11.2 Å². The number of rotatable bonds is 4. The predicted molar refractivity (Wildman–Crippen MR) is 111 cm³/mol. The second-order valence-corrected chi connectivity index (χ2v) is 8.46. The number of carbonyl (C=O) groups is 2. The summed E-state index contributed by atoms with van der Waals surface area (Å²) in [7, 11) is 0. The molecule has 1 aliphatic heterocycles. The quantitative estimate of drug-likeness (QED) is 0.618. The van der Waals surface area contributed by atoms with Gasteiger partial charge < -0.3 is 24.7 Å². The van der Waals surface area contributed by atoms with Gasteiger partial charge in [0.25, 0.3) is 5.91 Å². The summed E-state index contributed by atoms with van der Waals surface area (Å²) in [5.74, 6) is 0.664. The van der Waals surface area contributed by atoms with Crippen molar-refractivity contribution < 1.29 is 19.1 Å². The molecule has 1 saturated carbocycles. The Bertz CT molecular complexity index is 1060. The zero-order valence-electron chi connectivity index (χ0n) is 16.6. The molecule has 2 aromatic heterocycles. The normalized spacial score (nSPS) is 26.0. The van der Waals surface area contributed by atoms with E-state index in [9.17, 15) is 14.7 Å². The van der Waals surface area contributed by atoms with Crippen LogP contribution in [0.2, 0.25) is 0 Å². The summed E-state index contributed by atoms with van der Waals surface area (Å²) in [4.78, 5) is 30.2. The Morgan fingerprint density at radius 3 is 2.73 bits per heavy atom. The van der Waals surface area contributed by atoms with E-state index in [-0.39, 0.29) is 36.1 Å². The van der Waals surface area contributed by atoms with Gasteiger partial charge in [-0.1, -0.05) is 18.2 Å². The molecule has 1 saturated heterocycles. The lowest BCUT2D eigenvalue weighted by Gasteiger charge is -2.35. The number of carbonyl (C=O) groups excluding carboxylic acids is 2. The number of aromatic amines is 1. The van der Waals surface area contributed by atoms with E-state index in [1.165, 1.54) is 6.26 Å². The van der Waals surface area contributed by atoms with E-state index < -0.39 is 6.10 Å². The summed E-state index contributed by atoms with van der Waals surface area (Å²) in [6, 6.07) is 11.0. The molecule has 3 heterocycles. The van der Waals surface area contributed by atoms with Crippen molar-refractivity contribution in [2.24, 2.45) is 11.8 Å². The zero-order valence-corrected chi connectivity index (χ0v) is 16.6. The summed E-state index contributed by atoms with van der Waals surface area (Å²) in [6.45, 7) is 1.25. The van der Waals surface area contributed by atoms with Crippen LogP contribution in [0, 0.1) is 11.8 Å². The largest absolute Gasteiger partial charge is 0.459 e. The van der Waals surface area contributed by atoms with Gasteiger partial charge in [0, 0.05) is 30.2 Å². The van der Waals surface area contributed by atoms with Gasteiger partial charge in [-0.15, -0.1) is 0 Å². The van der Waals surface area contributed by atoms with E-state index >= 15 is 0 Å². The molecule has 1 aliphatic carbocycles. The first-order chi connectivity index (χ1) is 14.6. The third-order valence-corrected chi connectivity index (χ3v) is 6.53. The number of aliphatic hydroxyl groups is 1. The van der Waals surface area contributed by atoms with Crippen LogP contribution in [-0.4, -0.2) is 52.0 Å². The van der Waals surface area contributed by atoms with Gasteiger partial charge in [0.2, 0.25) is 5.91 Å². The molecule has 5 rings (SSSR count). The molecule has 3 aromatic rings. The highest BCUT2D eigenvalue weighted by Gasteiger charge is 2.43. The highest BCUT2D eigenvalue weighted by Crippen LogP contribution is 2.37. The van der Waals surface area contributed by atoms with Crippen LogP contribution in [0.25, 0.3) is 10.9 Å². The topological polar surface area (TPSA) is 98.6 Å². The van der Waals surface area contributed by atoms with Crippen LogP contribution in [0.3, 0.4) is 0 Å². The molecule has 7 nitrogen and oxygen atoms in total. The average molecular weight is 407 g/mol. The summed E-state index contributed by atoms with van der Waals surface area (Å²) >= 11 is 0. The van der Waals surface area contributed by atoms with Crippen LogP contribution in [0.4, 0.5) is 0 Å². The first-order valence-corrected chi connectivity index (χ1v) is 10.4. The average Bonchev–Trinajstić information content (AvgIpc) is 3.48. The molecule has 2 amide bonds. The fourth-order valence-corrected chi connectivity index (χ4v) is 5.02. The van der Waals surface area contributed by atoms with E-state index in [4.69, 9.17) is 4.42 Å². The second-order valence-electron chi connectivity index (χ2n) is 8.46. The molecular formula is C23H25N3O4. The molecular weight excluding hydrogens is 382 g/mol. The monoisotopic (exact) mass is 407 g/mol. The number of benzene rings is 1. The van der Waals surface area contributed by atoms with Crippen LogP contribution >= 0.6 is 0 Å². The lowest BCUT2D eigenvalue weighted by atomic mass is 9.77. The molecule has 2 aliphatic rings. The minimum Gasteiger partial charge on any atom is -0.459 e. The van der Waals surface area contributed by atoms with Crippen molar-refractivity contribution in [2.75, 3.05) is 13.1 Å². The van der Waals surface area contributed by atoms with Crippen LogP contribution in [0.5, 0.6) is 0 Å². The summed E-state index contributed by atoms with van der Waals surface area (Å²) < 4.78 is 5.24. The molecule has 156 valence electrons. The fraction of sp³-hybridized carbons (Fsp3) is 0.391. The molecule has 0 unspecified atom stereocenters. The van der Waals surface area contributed by atoms with Gasteiger partial charge in [-0.2, -0.15) is 0 Å². The Morgan fingerprint density at radius 2 is 1.93 bits per heavy atom. The Hall–Kier alpha value is -3.06. The van der Waals surface area contributed by atoms with Crippen molar-refractivity contribution in [3.05, 3.63) is 60.2 Å². The number of para-hydroxylation sites is 1. The van der Waals surface area contributed by atoms with Gasteiger partial charge in [-0.25, -0.2) is 0 Å². The van der Waals surface area contributed by atoms with Crippen molar-refractivity contribution in [1.82, 2.24) is 15.2 Å². The molecule has 1 aromatic carbocycles. The zero-order chi connectivity index (χ0) is 20.7. The van der Waals surface area contributed by atoms with Crippen LogP contribution < -0.4 is 5.32 Å². The van der Waals surface area contributed by atoms with Crippen LogP contribution in [0.1, 0.15) is 29.0 Å². The summed E-state index contributed by atoms with van der Waals surface area (Å²) in [5, 5.41) is 14.7. The molecule has 2 fully saturated rings. The van der Waals surface area contributed by atoms with Gasteiger partial charge in [-0.05, 0) is 48.4 Å². The number of nitrogens with zero attached hydrogens (tertiary/aromatic N) is 1. The standard InChI is InChI=1S/C23H25N3O4/c27-20-9-16-13-26(23(29)21-6-3-7-30-21)12-15(16)8-19(20)25-22(28)10-14-11-24-18-5-2-1-4-17(14)18/h1-7,11,15-16,19-20,24,27H,8-10,12-13H2,(H,25,28)/t15-,16+,19-,20-/m0/s1. The van der Waals surface area contributed by atoms with Gasteiger partial charge in [0.1, 0.15) is 0 Å². The molecule has 7 heteroatoms. The Morgan fingerprint density at radius 1 is 1.13 bits per heavy atom. The van der Waals surface area contributed by atoms with E-state index in [0.29, 0.717) is 31.7 Å². The van der Waals surface area contributed by atoms with E-state index in [2.05, 4.69) is 10.3 Å². The maximum atomic E-state index is 12.7. The number of hydrogen-bond donors (Lipinski definition) is 3. The Balaban J connectivity index is 1.21. The molecule has 0 spiro atoms. The van der Waals surface area contributed by atoms with Crippen molar-refractivity contribution >= 4 is 22.7 Å². The fourth-order valence-electron chi connectivity index (χ4n) is 5.02. The lowest BCUT2D eigenvalue weighted by molar-refractivity contribution is -0.122. The van der Waals surface area contributed by atoms with Gasteiger partial charge in [0.15, 0.2) is 5.76 Å². The number of H-pyrrole nitrogens is 1. The number of aromatic nitrogens is 1. The number of aliphatic hydroxyl groups excluding tert-OH is 1. The second kappa shape index (κ2) is 7.65. The minimum absolute atomic E-state index is 0.0937. The van der Waals surface area contributed by atoms with Crippen LogP contribution in [0.15, 0.2) is 53.3 Å². The molecule has 30 heavy (non-hydrogen) atoms. The summed E-state index contributed by atoms with van der Waals surface area (Å²) in [6.07, 6.45) is 4.30. The molecule has 3 N–H and O–H groups in total. The number of nitrogens with one attached hydrogen (secondary N) is 2. The van der Waals surface area contributed by atoms with E-state index in [1.54, 1.807) is 17.0 Å². The smallest absolute Gasteiger partial charge is 0.289 e. The highest BCUT2D eigenvalue weighted by molar-refractivity contribution is 5.91. The van der Waals surface area contributed by atoms with Gasteiger partial charge in [-0.3, -0.25) is 9.59 Å². The van der Waals surface area contributed by atoms with E-state index in [0.717, 1.165) is 16.5 Å². The molecule has 0 bridgehead atoms. The van der Waals surface area contributed by atoms with Crippen molar-refractivity contribution in [1.29, 1.82) is 0 Å². The Kier molecular flexibility index (Phi) is 4.83. The van der Waals surface area contributed by atoms with Crippen molar-refractivity contribution in [3.8, 4) is 0 Å². The predicted octanol–water partition coefficient (Wildman–Crippen LogP) is 2.33. The molecule has 0 radical (unpaired) electrons. The SMILES string of the molecule is O=C(Cc1c[nH]c2ccccc12)N[C@H]1C[C@H]2CN(C(=O)c3ccco3)C[C@H]2C[C@@H]1O. The van der Waals surface area contributed by atoms with E-state index in [1.807, 2.05) is 30.5 Å². The van der Waals surface area contributed by atoms with Gasteiger partial charge >= 0.3 is 0 Å². The number of furan rings is 1. The highest BCUT2D eigenvalue weighted by atomic mass is 16.3. The number of hydrogen-bond acceptors (Lipinski definition) is 4. The maximum absolute atomic E-state index is 12.7. The number of likely N-dealkylation sites (tertiary alicyclic amines) is 1.